The number of aliphatic hydroxyl groups excluding tert-OH is 9. The van der Waals surface area contributed by atoms with Gasteiger partial charge in [0.2, 0.25) is 11.8 Å². The largest absolute Gasteiger partial charge is 0.462 e. The normalized spacial score (nSPS) is 42.2. The van der Waals surface area contributed by atoms with E-state index in [1.54, 1.807) is 87.4 Å². The van der Waals surface area contributed by atoms with E-state index in [2.05, 4.69) is 16.0 Å². The van der Waals surface area contributed by atoms with Crippen molar-refractivity contribution >= 4 is 17.8 Å². The Hall–Kier alpha value is -4.01. The van der Waals surface area contributed by atoms with E-state index in [1.165, 1.54) is 0 Å². The Bertz CT molecular complexity index is 1960. The summed E-state index contributed by atoms with van der Waals surface area (Å²) in [4.78, 5) is 41.2. The first kappa shape index (κ1) is 63.5. The van der Waals surface area contributed by atoms with Gasteiger partial charge in [0.15, 0.2) is 12.1 Å². The summed E-state index contributed by atoms with van der Waals surface area (Å²) in [5.74, 6) is -5.97. The number of amides is 2. The number of ether oxygens (including phenoxy) is 4. The first-order valence-corrected chi connectivity index (χ1v) is 26.3. The lowest BCUT2D eigenvalue weighted by molar-refractivity contribution is -0.308. The molecule has 0 aromatic carbocycles. The second kappa shape index (κ2) is 32.0. The number of hydrogen-bond donors (Lipinski definition) is 13. The molecule has 424 valence electrons. The maximum atomic E-state index is 14.3. The number of allylic oxidation sites excluding steroid dienone is 12. The van der Waals surface area contributed by atoms with E-state index >= 15 is 0 Å². The molecule has 19 atom stereocenters. The number of nitrogens with zero attached hydrogens (tertiary/aromatic N) is 1. The van der Waals surface area contributed by atoms with Crippen LogP contribution in [0.15, 0.2) is 85.1 Å². The first-order chi connectivity index (χ1) is 35.6. The Morgan fingerprint density at radius 2 is 1.31 bits per heavy atom. The number of cyclic esters (lactones) is 1. The zero-order chi connectivity index (χ0) is 55.2. The molecule has 0 aromatic heterocycles. The molecule has 4 aliphatic rings. The quantitative estimate of drug-likeness (QED) is 0.148. The monoisotopic (exact) mass is 1060 g/mol. The number of aliphatic hydroxyl groups is 10. The second-order valence-corrected chi connectivity index (χ2v) is 20.4. The van der Waals surface area contributed by atoms with Gasteiger partial charge in [-0.2, -0.15) is 0 Å². The minimum Gasteiger partial charge on any atom is -0.462 e. The lowest BCUT2D eigenvalue weighted by Gasteiger charge is -2.47. The summed E-state index contributed by atoms with van der Waals surface area (Å²) in [5.41, 5.74) is 0. The molecule has 3 saturated heterocycles. The molecule has 75 heavy (non-hydrogen) atoms. The van der Waals surface area contributed by atoms with Crippen LogP contribution in [0, 0.1) is 17.8 Å². The standard InChI is InChI=1S/C54H86N4O17/c1-33-18-16-14-12-10-8-6-7-9-11-13-15-17-19-40(74-53-51(69)48(50(68)36(4)73-53)57-45(65)32-55-5)29-44-47(52(70)58-24-22-56-23-25-58)43(64)31-54(71,75-44)30-39(61)27-42(63)41(62)21-20-37(59)26-38(60)28-46(66)72-35(3)34(2)49(33)67/h6-19,33-44,47-51,53,55-56,59-64,67-69,71H,20-32H2,1-5H3,(H,57,65)/b7-6+,10-8+,11-9+,14-12+,15-13+,18-16+,19-17+/t33-,34-,35-,36-,37+,38+,39-,40-,41+,42+,43-,44-,47+,48?,49+,50+,51-,53?,54+/m0/s1. The van der Waals surface area contributed by atoms with Crippen molar-refractivity contribution in [2.75, 3.05) is 39.8 Å². The highest BCUT2D eigenvalue weighted by Crippen LogP contribution is 2.39. The van der Waals surface area contributed by atoms with E-state index < -0.39 is 153 Å². The summed E-state index contributed by atoms with van der Waals surface area (Å²) in [7, 11) is 1.56. The van der Waals surface area contributed by atoms with Crippen LogP contribution in [0.5, 0.6) is 0 Å². The molecule has 0 aromatic rings. The number of rotatable bonds is 6. The fraction of sp³-hybridized carbons (Fsp3) is 0.685. The summed E-state index contributed by atoms with van der Waals surface area (Å²) in [5, 5.41) is 120. The van der Waals surface area contributed by atoms with Gasteiger partial charge in [0.25, 0.3) is 0 Å². The van der Waals surface area contributed by atoms with E-state index in [9.17, 15) is 65.4 Å². The van der Waals surface area contributed by atoms with E-state index in [1.807, 2.05) is 37.3 Å². The summed E-state index contributed by atoms with van der Waals surface area (Å²) in [6.45, 7) is 8.33. The average Bonchev–Trinajstić information content (AvgIpc) is 3.34. The van der Waals surface area contributed by atoms with Crippen molar-refractivity contribution in [1.82, 2.24) is 20.9 Å². The van der Waals surface area contributed by atoms with Crippen molar-refractivity contribution in [3.63, 3.8) is 0 Å². The molecular weight excluding hydrogens is 977 g/mol. The van der Waals surface area contributed by atoms with Crippen molar-refractivity contribution in [2.45, 2.75) is 177 Å². The third-order valence-corrected chi connectivity index (χ3v) is 14.1. The Morgan fingerprint density at radius 1 is 0.707 bits per heavy atom. The number of fused-ring (bicyclic) bond motifs is 2. The molecule has 0 saturated carbocycles. The minimum absolute atomic E-state index is 0.102. The van der Waals surface area contributed by atoms with Crippen LogP contribution in [0.3, 0.4) is 0 Å². The van der Waals surface area contributed by atoms with E-state index in [4.69, 9.17) is 18.9 Å². The smallest absolute Gasteiger partial charge is 0.308 e. The van der Waals surface area contributed by atoms with Crippen molar-refractivity contribution in [3.05, 3.63) is 85.1 Å². The molecule has 3 fully saturated rings. The lowest BCUT2D eigenvalue weighted by Crippen LogP contribution is -2.64. The molecule has 2 amide bonds. The van der Waals surface area contributed by atoms with Gasteiger partial charge < -0.3 is 90.9 Å². The summed E-state index contributed by atoms with van der Waals surface area (Å²) in [6.07, 6.45) is 4.09. The Labute approximate surface area is 441 Å². The highest BCUT2D eigenvalue weighted by atomic mass is 16.7. The van der Waals surface area contributed by atoms with Gasteiger partial charge in [-0.05, 0) is 40.2 Å². The summed E-state index contributed by atoms with van der Waals surface area (Å²) >= 11 is 0. The molecule has 0 radical (unpaired) electrons. The minimum atomic E-state index is -2.29. The number of piperazine rings is 1. The fourth-order valence-corrected chi connectivity index (χ4v) is 9.60. The maximum Gasteiger partial charge on any atom is 0.308 e. The van der Waals surface area contributed by atoms with E-state index in [-0.39, 0.29) is 38.1 Å². The lowest BCUT2D eigenvalue weighted by atomic mass is 9.81. The van der Waals surface area contributed by atoms with Crippen molar-refractivity contribution in [3.8, 4) is 0 Å². The molecule has 2 bridgehead atoms. The SMILES string of the molecule is CNCC(=O)NC1[C@H](O)C(O[C@H]2/C=C/C=C/C=C/C=C/C=C/C=C/C=C/[C@H](C)[C@@H](O)[C@@H](C)[C@H](C)OC(=O)C[C@H](O)C[C@H](O)CC[C@@H](O)[C@H](O)C[C@H](O)C[C@]3(O)C[C@H](O)[C@@H](C(=O)N4CCNCC4)[C@H](C2)O3)O[C@@H](C)[C@H]1O. The molecule has 4 heterocycles. The number of esters is 1. The number of nitrogens with one attached hydrogen (secondary N) is 3. The van der Waals surface area contributed by atoms with Gasteiger partial charge in [-0.1, -0.05) is 98.9 Å². The topological polar surface area (TPSA) is 330 Å². The van der Waals surface area contributed by atoms with Gasteiger partial charge >= 0.3 is 5.97 Å². The highest BCUT2D eigenvalue weighted by molar-refractivity contribution is 5.80. The number of carbonyl (C=O) groups is 3. The predicted octanol–water partition coefficient (Wildman–Crippen LogP) is -0.564. The summed E-state index contributed by atoms with van der Waals surface area (Å²) in [6, 6.07) is -1.21. The van der Waals surface area contributed by atoms with Crippen LogP contribution < -0.4 is 16.0 Å². The molecule has 4 aliphatic heterocycles. The highest BCUT2D eigenvalue weighted by Gasteiger charge is 2.52. The zero-order valence-corrected chi connectivity index (χ0v) is 43.9. The number of hydrogen-bond acceptors (Lipinski definition) is 19. The summed E-state index contributed by atoms with van der Waals surface area (Å²) < 4.78 is 24.2. The first-order valence-electron chi connectivity index (χ1n) is 26.3. The molecule has 2 unspecified atom stereocenters. The van der Waals surface area contributed by atoms with Crippen molar-refractivity contribution < 1.29 is 84.4 Å². The van der Waals surface area contributed by atoms with Crippen LogP contribution >= 0.6 is 0 Å². The Morgan fingerprint density at radius 3 is 1.92 bits per heavy atom. The molecule has 13 N–H and O–H groups in total. The van der Waals surface area contributed by atoms with Crippen LogP contribution in [0.2, 0.25) is 0 Å². The molecule has 21 heteroatoms. The van der Waals surface area contributed by atoms with Crippen LogP contribution in [-0.2, 0) is 33.3 Å². The molecule has 0 spiro atoms. The fourth-order valence-electron chi connectivity index (χ4n) is 9.60. The number of likely N-dealkylation sites (N-methyl/N-ethyl adjacent to an activating group) is 1. The van der Waals surface area contributed by atoms with Gasteiger partial charge in [-0.15, -0.1) is 0 Å². The van der Waals surface area contributed by atoms with Crippen LogP contribution in [0.4, 0.5) is 0 Å². The molecule has 21 nitrogen and oxygen atoms in total. The van der Waals surface area contributed by atoms with Crippen LogP contribution in [-0.4, -0.2) is 211 Å². The maximum absolute atomic E-state index is 14.3. The third kappa shape index (κ3) is 21.0. The van der Waals surface area contributed by atoms with Gasteiger partial charge in [-0.3, -0.25) is 14.4 Å². The van der Waals surface area contributed by atoms with Crippen molar-refractivity contribution in [1.29, 1.82) is 0 Å². The van der Waals surface area contributed by atoms with Gasteiger partial charge in [-0.25, -0.2) is 0 Å². The van der Waals surface area contributed by atoms with Crippen LogP contribution in [0.1, 0.15) is 79.1 Å². The second-order valence-electron chi connectivity index (χ2n) is 20.4. The van der Waals surface area contributed by atoms with E-state index in [0.29, 0.717) is 26.2 Å². The third-order valence-electron chi connectivity index (χ3n) is 14.1. The predicted molar refractivity (Wildman–Crippen MR) is 277 cm³/mol. The zero-order valence-electron chi connectivity index (χ0n) is 43.9. The van der Waals surface area contributed by atoms with E-state index in [0.717, 1.165) is 0 Å². The molecule has 4 rings (SSSR count). The van der Waals surface area contributed by atoms with Crippen molar-refractivity contribution in [2.24, 2.45) is 17.8 Å². The van der Waals surface area contributed by atoms with Gasteiger partial charge in [0.05, 0.1) is 86.0 Å². The average molecular weight is 1060 g/mol. The van der Waals surface area contributed by atoms with Gasteiger partial charge in [0.1, 0.15) is 18.3 Å². The number of carbonyl (C=O) groups excluding carboxylic acids is 3. The Balaban J connectivity index is 1.64. The van der Waals surface area contributed by atoms with Gasteiger partial charge in [0, 0.05) is 63.7 Å². The molecular formula is C54H86N4O17. The Kier molecular flexibility index (Phi) is 27.1. The van der Waals surface area contributed by atoms with Crippen LogP contribution in [0.25, 0.3) is 0 Å². The molecule has 0 aliphatic carbocycles.